The van der Waals surface area contributed by atoms with Crippen LogP contribution in [0, 0.1) is 5.92 Å². The molecule has 1 heterocycles. The highest BCUT2D eigenvalue weighted by Crippen LogP contribution is 2.23. The summed E-state index contributed by atoms with van der Waals surface area (Å²) in [5.74, 6) is 0.463. The predicted molar refractivity (Wildman–Crippen MR) is 103 cm³/mol. The molecule has 1 amide bonds. The molecule has 26 heavy (non-hydrogen) atoms. The van der Waals surface area contributed by atoms with E-state index in [4.69, 9.17) is 0 Å². The van der Waals surface area contributed by atoms with Crippen LogP contribution in [-0.4, -0.2) is 38.3 Å². The summed E-state index contributed by atoms with van der Waals surface area (Å²) in [5.41, 5.74) is 0.524. The summed E-state index contributed by atoms with van der Waals surface area (Å²) in [7, 11) is -3.46. The summed E-state index contributed by atoms with van der Waals surface area (Å²) in [6, 6.07) is 6.38. The van der Waals surface area contributed by atoms with Crippen molar-refractivity contribution in [3.8, 4) is 0 Å². The molecule has 1 saturated carbocycles. The van der Waals surface area contributed by atoms with Crippen LogP contribution in [0.25, 0.3) is 0 Å². The van der Waals surface area contributed by atoms with E-state index < -0.39 is 10.0 Å². The Labute approximate surface area is 157 Å². The van der Waals surface area contributed by atoms with Crippen LogP contribution in [0.4, 0.5) is 0 Å². The maximum atomic E-state index is 12.8. The summed E-state index contributed by atoms with van der Waals surface area (Å²) in [6.07, 6.45) is 10.2. The number of nitrogens with zero attached hydrogens (tertiary/aromatic N) is 1. The van der Waals surface area contributed by atoms with Gasteiger partial charge in [0.25, 0.3) is 5.91 Å². The van der Waals surface area contributed by atoms with Gasteiger partial charge < -0.3 is 5.32 Å². The lowest BCUT2D eigenvalue weighted by Crippen LogP contribution is -2.32. The normalized spacial score (nSPS) is 20.5. The second-order valence-electron chi connectivity index (χ2n) is 7.56. The lowest BCUT2D eigenvalue weighted by molar-refractivity contribution is 0.0943. The zero-order valence-electron chi connectivity index (χ0n) is 15.5. The van der Waals surface area contributed by atoms with Crippen LogP contribution in [0.2, 0.25) is 0 Å². The van der Waals surface area contributed by atoms with Gasteiger partial charge in [-0.3, -0.25) is 4.79 Å². The van der Waals surface area contributed by atoms with Crippen molar-refractivity contribution in [2.75, 3.05) is 19.6 Å². The maximum Gasteiger partial charge on any atom is 0.251 e. The minimum atomic E-state index is -3.46. The van der Waals surface area contributed by atoms with E-state index >= 15 is 0 Å². The molecule has 1 N–H and O–H groups in total. The number of hydrogen-bond acceptors (Lipinski definition) is 3. The van der Waals surface area contributed by atoms with E-state index in [1.54, 1.807) is 28.6 Å². The zero-order chi connectivity index (χ0) is 18.4. The molecule has 2 fully saturated rings. The van der Waals surface area contributed by atoms with Crippen LogP contribution >= 0.6 is 0 Å². The van der Waals surface area contributed by atoms with Gasteiger partial charge in [0, 0.05) is 25.2 Å². The Balaban J connectivity index is 1.60. The Morgan fingerprint density at radius 3 is 2.12 bits per heavy atom. The van der Waals surface area contributed by atoms with E-state index in [0.717, 1.165) is 25.7 Å². The zero-order valence-corrected chi connectivity index (χ0v) is 16.3. The molecule has 0 radical (unpaired) electrons. The highest BCUT2D eigenvalue weighted by Gasteiger charge is 2.25. The second kappa shape index (κ2) is 9.00. The number of sulfonamides is 1. The minimum absolute atomic E-state index is 0.116. The maximum absolute atomic E-state index is 12.8. The number of hydrogen-bond donors (Lipinski definition) is 1. The number of carbonyl (C=O) groups is 1. The van der Waals surface area contributed by atoms with Gasteiger partial charge in [-0.2, -0.15) is 4.31 Å². The Bertz CT molecular complexity index is 686. The van der Waals surface area contributed by atoms with Crippen molar-refractivity contribution in [3.63, 3.8) is 0 Å². The van der Waals surface area contributed by atoms with Crippen molar-refractivity contribution in [2.24, 2.45) is 5.92 Å². The van der Waals surface area contributed by atoms with Gasteiger partial charge in [-0.1, -0.05) is 32.1 Å². The topological polar surface area (TPSA) is 66.5 Å². The van der Waals surface area contributed by atoms with E-state index in [2.05, 4.69) is 5.32 Å². The standard InChI is InChI=1S/C20H30N2O3S/c23-20(21-16-17-8-4-3-5-9-17)18-10-12-19(13-11-18)26(24,25)22-14-6-1-2-7-15-22/h10-13,17H,1-9,14-16H2,(H,21,23). The monoisotopic (exact) mass is 378 g/mol. The second-order valence-corrected chi connectivity index (χ2v) is 9.49. The van der Waals surface area contributed by atoms with Gasteiger partial charge >= 0.3 is 0 Å². The fraction of sp³-hybridized carbons (Fsp3) is 0.650. The third-order valence-corrected chi connectivity index (χ3v) is 7.51. The van der Waals surface area contributed by atoms with Crippen molar-refractivity contribution < 1.29 is 13.2 Å². The lowest BCUT2D eigenvalue weighted by atomic mass is 9.89. The van der Waals surface area contributed by atoms with E-state index in [0.29, 0.717) is 31.1 Å². The summed E-state index contributed by atoms with van der Waals surface area (Å²) in [4.78, 5) is 12.6. The van der Waals surface area contributed by atoms with Crippen LogP contribution in [0.1, 0.15) is 68.1 Å². The predicted octanol–water partition coefficient (Wildman–Crippen LogP) is 3.56. The van der Waals surface area contributed by atoms with E-state index in [9.17, 15) is 13.2 Å². The van der Waals surface area contributed by atoms with Crippen LogP contribution in [-0.2, 0) is 10.0 Å². The van der Waals surface area contributed by atoms with E-state index in [1.165, 1.54) is 32.1 Å². The molecule has 1 aliphatic heterocycles. The first kappa shape index (κ1) is 19.4. The molecular weight excluding hydrogens is 348 g/mol. The molecule has 1 aromatic rings. The molecule has 0 bridgehead atoms. The molecule has 2 aliphatic rings. The van der Waals surface area contributed by atoms with Gasteiger partial charge in [0.1, 0.15) is 0 Å². The molecule has 0 spiro atoms. The molecule has 5 nitrogen and oxygen atoms in total. The van der Waals surface area contributed by atoms with Crippen LogP contribution in [0.5, 0.6) is 0 Å². The summed E-state index contributed by atoms with van der Waals surface area (Å²) in [5, 5.41) is 3.00. The summed E-state index contributed by atoms with van der Waals surface area (Å²) >= 11 is 0. The number of rotatable bonds is 5. The molecule has 6 heteroatoms. The largest absolute Gasteiger partial charge is 0.352 e. The van der Waals surface area contributed by atoms with Crippen LogP contribution < -0.4 is 5.32 Å². The first-order valence-electron chi connectivity index (χ1n) is 9.96. The molecule has 0 unspecified atom stereocenters. The third kappa shape index (κ3) is 4.86. The number of benzene rings is 1. The fourth-order valence-electron chi connectivity index (χ4n) is 3.94. The van der Waals surface area contributed by atoms with E-state index in [-0.39, 0.29) is 10.8 Å². The van der Waals surface area contributed by atoms with E-state index in [1.807, 2.05) is 0 Å². The number of carbonyl (C=O) groups excluding carboxylic acids is 1. The van der Waals surface area contributed by atoms with Crippen molar-refractivity contribution >= 4 is 15.9 Å². The highest BCUT2D eigenvalue weighted by atomic mass is 32.2. The smallest absolute Gasteiger partial charge is 0.251 e. The first-order valence-corrected chi connectivity index (χ1v) is 11.4. The third-order valence-electron chi connectivity index (χ3n) is 5.60. The molecule has 0 aromatic heterocycles. The van der Waals surface area contributed by atoms with Gasteiger partial charge in [-0.25, -0.2) is 8.42 Å². The highest BCUT2D eigenvalue weighted by molar-refractivity contribution is 7.89. The number of nitrogens with one attached hydrogen (secondary N) is 1. The van der Waals surface area contributed by atoms with Gasteiger partial charge in [0.2, 0.25) is 10.0 Å². The van der Waals surface area contributed by atoms with Gasteiger partial charge in [0.15, 0.2) is 0 Å². The minimum Gasteiger partial charge on any atom is -0.352 e. The number of amides is 1. The molecule has 144 valence electrons. The van der Waals surface area contributed by atoms with Crippen molar-refractivity contribution in [1.82, 2.24) is 9.62 Å². The Morgan fingerprint density at radius 2 is 1.50 bits per heavy atom. The van der Waals surface area contributed by atoms with Crippen LogP contribution in [0.15, 0.2) is 29.2 Å². The molecule has 3 rings (SSSR count). The van der Waals surface area contributed by atoms with Gasteiger partial charge in [-0.15, -0.1) is 0 Å². The van der Waals surface area contributed by atoms with Crippen molar-refractivity contribution in [3.05, 3.63) is 29.8 Å². The quantitative estimate of drug-likeness (QED) is 0.852. The van der Waals surface area contributed by atoms with Crippen molar-refractivity contribution in [1.29, 1.82) is 0 Å². The van der Waals surface area contributed by atoms with Crippen LogP contribution in [0.3, 0.4) is 0 Å². The molecule has 1 aromatic carbocycles. The SMILES string of the molecule is O=C(NCC1CCCCC1)c1ccc(S(=O)(=O)N2CCCCCC2)cc1. The molecule has 1 aliphatic carbocycles. The average molecular weight is 379 g/mol. The Hall–Kier alpha value is -1.40. The Morgan fingerprint density at radius 1 is 0.923 bits per heavy atom. The van der Waals surface area contributed by atoms with Crippen molar-refractivity contribution in [2.45, 2.75) is 62.7 Å². The Kier molecular flexibility index (Phi) is 6.70. The molecular formula is C20H30N2O3S. The van der Waals surface area contributed by atoms with Gasteiger partial charge in [0.05, 0.1) is 4.90 Å². The average Bonchev–Trinajstić information content (AvgIpc) is 2.97. The lowest BCUT2D eigenvalue weighted by Gasteiger charge is -2.22. The molecule has 1 saturated heterocycles. The molecule has 0 atom stereocenters. The summed E-state index contributed by atoms with van der Waals surface area (Å²) in [6.45, 7) is 1.89. The fourth-order valence-corrected chi connectivity index (χ4v) is 5.46. The summed E-state index contributed by atoms with van der Waals surface area (Å²) < 4.78 is 27.1. The van der Waals surface area contributed by atoms with Gasteiger partial charge in [-0.05, 0) is 55.9 Å². The first-order chi connectivity index (χ1) is 12.6.